The van der Waals surface area contributed by atoms with Crippen molar-refractivity contribution in [1.82, 2.24) is 18.9 Å². The van der Waals surface area contributed by atoms with Crippen LogP contribution in [-0.4, -0.2) is 18.9 Å². The molecule has 3 heterocycles. The van der Waals surface area contributed by atoms with Crippen molar-refractivity contribution < 1.29 is 0 Å². The average Bonchev–Trinajstić information content (AvgIpc) is 3.10. The van der Waals surface area contributed by atoms with E-state index in [1.165, 1.54) is 10.7 Å². The Hall–Kier alpha value is -3.83. The van der Waals surface area contributed by atoms with Gasteiger partial charge in [0, 0.05) is 0 Å². The maximum Gasteiger partial charge on any atom is 0.338 e. The van der Waals surface area contributed by atoms with Gasteiger partial charge in [0.1, 0.15) is 34.7 Å². The standard InChI is InChI=1S/C20H16ClN7O/c1-12(26-19-15(10-22)18(23)24-11-25-19)16-9-14-7-8-17(21)28(14)20(29)27(16)13-5-3-2-4-6-13/h2-9,11-12H,1H3,(H3,23,24,25,26). The lowest BCUT2D eigenvalue weighted by atomic mass is 10.1. The van der Waals surface area contributed by atoms with E-state index >= 15 is 0 Å². The van der Waals surface area contributed by atoms with Crippen molar-refractivity contribution in [2.75, 3.05) is 11.1 Å². The summed E-state index contributed by atoms with van der Waals surface area (Å²) in [4.78, 5) is 21.3. The zero-order chi connectivity index (χ0) is 20.5. The van der Waals surface area contributed by atoms with Gasteiger partial charge in [-0.25, -0.2) is 14.8 Å². The highest BCUT2D eigenvalue weighted by Crippen LogP contribution is 2.25. The first-order valence-electron chi connectivity index (χ1n) is 8.76. The summed E-state index contributed by atoms with van der Waals surface area (Å²) in [5, 5.41) is 12.9. The second-order valence-electron chi connectivity index (χ2n) is 6.40. The summed E-state index contributed by atoms with van der Waals surface area (Å²) >= 11 is 6.22. The SMILES string of the molecule is CC(Nc1ncnc(N)c1C#N)c1cc2ccc(Cl)n2c(=O)n1-c1ccccc1. The number of nitrogens with one attached hydrogen (secondary N) is 1. The Balaban J connectivity index is 1.90. The molecule has 4 rings (SSSR count). The predicted octanol–water partition coefficient (Wildman–Crippen LogP) is 3.16. The molecule has 3 N–H and O–H groups in total. The quantitative estimate of drug-likeness (QED) is 0.539. The lowest BCUT2D eigenvalue weighted by Gasteiger charge is -2.21. The fourth-order valence-corrected chi connectivity index (χ4v) is 3.45. The van der Waals surface area contributed by atoms with E-state index in [0.29, 0.717) is 27.9 Å². The Morgan fingerprint density at radius 1 is 1.21 bits per heavy atom. The lowest BCUT2D eigenvalue weighted by molar-refractivity contribution is 0.739. The number of nitrogens with zero attached hydrogens (tertiary/aromatic N) is 5. The van der Waals surface area contributed by atoms with E-state index in [1.54, 1.807) is 16.7 Å². The highest BCUT2D eigenvalue weighted by Gasteiger charge is 2.19. The number of para-hydroxylation sites is 1. The minimum atomic E-state index is -0.386. The molecule has 0 bridgehead atoms. The van der Waals surface area contributed by atoms with Crippen molar-refractivity contribution in [3.63, 3.8) is 0 Å². The molecule has 0 aliphatic heterocycles. The monoisotopic (exact) mass is 405 g/mol. The summed E-state index contributed by atoms with van der Waals surface area (Å²) in [5.41, 5.74) is 7.66. The zero-order valence-electron chi connectivity index (χ0n) is 15.4. The summed E-state index contributed by atoms with van der Waals surface area (Å²) in [6.45, 7) is 1.87. The summed E-state index contributed by atoms with van der Waals surface area (Å²) < 4.78 is 3.02. The van der Waals surface area contributed by atoms with Crippen LogP contribution in [-0.2, 0) is 0 Å². The van der Waals surface area contributed by atoms with E-state index in [2.05, 4.69) is 15.3 Å². The molecule has 4 aromatic rings. The molecule has 29 heavy (non-hydrogen) atoms. The maximum atomic E-state index is 13.3. The van der Waals surface area contributed by atoms with Crippen LogP contribution >= 0.6 is 11.6 Å². The number of fused-ring (bicyclic) bond motifs is 1. The first-order chi connectivity index (χ1) is 14.0. The average molecular weight is 406 g/mol. The van der Waals surface area contributed by atoms with Crippen molar-refractivity contribution in [1.29, 1.82) is 5.26 Å². The van der Waals surface area contributed by atoms with Gasteiger partial charge in [-0.05, 0) is 37.3 Å². The van der Waals surface area contributed by atoms with E-state index in [1.807, 2.05) is 49.4 Å². The number of anilines is 2. The number of rotatable bonds is 4. The van der Waals surface area contributed by atoms with Gasteiger partial charge in [-0.1, -0.05) is 29.8 Å². The molecule has 9 heteroatoms. The number of aromatic nitrogens is 4. The van der Waals surface area contributed by atoms with E-state index in [9.17, 15) is 10.1 Å². The van der Waals surface area contributed by atoms with Crippen LogP contribution < -0.4 is 16.7 Å². The third kappa shape index (κ3) is 3.17. The van der Waals surface area contributed by atoms with Crippen molar-refractivity contribution >= 4 is 28.8 Å². The van der Waals surface area contributed by atoms with Crippen molar-refractivity contribution in [3.05, 3.63) is 81.8 Å². The van der Waals surface area contributed by atoms with Gasteiger partial charge in [0.25, 0.3) is 0 Å². The lowest BCUT2D eigenvalue weighted by Crippen LogP contribution is -2.30. The molecule has 144 valence electrons. The minimum absolute atomic E-state index is 0.0893. The largest absolute Gasteiger partial charge is 0.382 e. The van der Waals surface area contributed by atoms with Gasteiger partial charge in [0.15, 0.2) is 0 Å². The van der Waals surface area contributed by atoms with Crippen LogP contribution in [0, 0.1) is 11.3 Å². The van der Waals surface area contributed by atoms with Crippen LogP contribution in [0.1, 0.15) is 24.2 Å². The molecule has 1 aromatic carbocycles. The van der Waals surface area contributed by atoms with E-state index in [-0.39, 0.29) is 23.1 Å². The fourth-order valence-electron chi connectivity index (χ4n) is 3.22. The molecule has 1 atom stereocenters. The Kier molecular flexibility index (Phi) is 4.66. The number of nitrogen functional groups attached to an aromatic ring is 1. The summed E-state index contributed by atoms with van der Waals surface area (Å²) in [6.07, 6.45) is 1.28. The van der Waals surface area contributed by atoms with Crippen LogP contribution in [0.5, 0.6) is 0 Å². The molecule has 0 saturated carbocycles. The van der Waals surface area contributed by atoms with Crippen LogP contribution in [0.25, 0.3) is 11.2 Å². The van der Waals surface area contributed by atoms with Crippen LogP contribution in [0.2, 0.25) is 5.15 Å². The summed E-state index contributed by atoms with van der Waals surface area (Å²) in [7, 11) is 0. The Morgan fingerprint density at radius 2 is 1.97 bits per heavy atom. The molecule has 0 saturated heterocycles. The van der Waals surface area contributed by atoms with Crippen LogP contribution in [0.4, 0.5) is 11.6 Å². The van der Waals surface area contributed by atoms with Gasteiger partial charge < -0.3 is 11.1 Å². The van der Waals surface area contributed by atoms with Gasteiger partial charge in [-0.2, -0.15) is 5.26 Å². The van der Waals surface area contributed by atoms with Crippen molar-refractivity contribution in [2.45, 2.75) is 13.0 Å². The third-order valence-corrected chi connectivity index (χ3v) is 4.89. The Labute approximate surface area is 170 Å². The van der Waals surface area contributed by atoms with E-state index < -0.39 is 0 Å². The molecule has 0 radical (unpaired) electrons. The van der Waals surface area contributed by atoms with Gasteiger partial charge in [-0.3, -0.25) is 8.97 Å². The number of benzene rings is 1. The normalized spacial score (nSPS) is 11.9. The highest BCUT2D eigenvalue weighted by molar-refractivity contribution is 6.30. The fraction of sp³-hybridized carbons (Fsp3) is 0.100. The predicted molar refractivity (Wildman–Crippen MR) is 111 cm³/mol. The number of halogens is 1. The molecule has 1 unspecified atom stereocenters. The number of nitrogens with two attached hydrogens (primary N) is 1. The number of hydrogen-bond acceptors (Lipinski definition) is 6. The molecule has 0 fully saturated rings. The van der Waals surface area contributed by atoms with Gasteiger partial charge in [0.2, 0.25) is 0 Å². The minimum Gasteiger partial charge on any atom is -0.382 e. The molecular formula is C20H16ClN7O. The summed E-state index contributed by atoms with van der Waals surface area (Å²) in [5.74, 6) is 0.388. The molecule has 0 aliphatic carbocycles. The van der Waals surface area contributed by atoms with E-state index in [4.69, 9.17) is 17.3 Å². The second kappa shape index (κ2) is 7.30. The zero-order valence-corrected chi connectivity index (χ0v) is 16.1. The highest BCUT2D eigenvalue weighted by atomic mass is 35.5. The maximum absolute atomic E-state index is 13.3. The molecule has 0 amide bonds. The molecular weight excluding hydrogens is 390 g/mol. The van der Waals surface area contributed by atoms with Crippen LogP contribution in [0.3, 0.4) is 0 Å². The van der Waals surface area contributed by atoms with Crippen molar-refractivity contribution in [2.24, 2.45) is 0 Å². The van der Waals surface area contributed by atoms with E-state index in [0.717, 1.165) is 0 Å². The smallest absolute Gasteiger partial charge is 0.338 e. The number of nitriles is 1. The topological polar surface area (TPSA) is 114 Å². The Morgan fingerprint density at radius 3 is 2.69 bits per heavy atom. The van der Waals surface area contributed by atoms with Gasteiger partial charge >= 0.3 is 5.69 Å². The second-order valence-corrected chi connectivity index (χ2v) is 6.79. The molecule has 3 aromatic heterocycles. The Bertz CT molecular complexity index is 1300. The molecule has 0 spiro atoms. The summed E-state index contributed by atoms with van der Waals surface area (Å²) in [6, 6.07) is 16.2. The first kappa shape index (κ1) is 18.5. The number of hydrogen-bond donors (Lipinski definition) is 2. The van der Waals surface area contributed by atoms with Crippen LogP contribution in [0.15, 0.2) is 59.7 Å². The molecule has 0 aliphatic rings. The van der Waals surface area contributed by atoms with Gasteiger partial charge in [-0.15, -0.1) is 0 Å². The van der Waals surface area contributed by atoms with Gasteiger partial charge in [0.05, 0.1) is 22.9 Å². The van der Waals surface area contributed by atoms with Crippen molar-refractivity contribution in [3.8, 4) is 11.8 Å². The first-order valence-corrected chi connectivity index (χ1v) is 9.14. The third-order valence-electron chi connectivity index (χ3n) is 4.60. The molecule has 8 nitrogen and oxygen atoms in total.